The third kappa shape index (κ3) is 4.22. The van der Waals surface area contributed by atoms with Gasteiger partial charge in [0, 0.05) is 35.4 Å². The van der Waals surface area contributed by atoms with Gasteiger partial charge in [0.1, 0.15) is 11.8 Å². The van der Waals surface area contributed by atoms with E-state index in [1.54, 1.807) is 37.1 Å². The predicted molar refractivity (Wildman–Crippen MR) is 112 cm³/mol. The van der Waals surface area contributed by atoms with Gasteiger partial charge in [-0.15, -0.1) is 0 Å². The summed E-state index contributed by atoms with van der Waals surface area (Å²) in [6, 6.07) is 10.4. The van der Waals surface area contributed by atoms with Gasteiger partial charge in [0.25, 0.3) is 0 Å². The number of carbonyl (C=O) groups is 2. The molecule has 2 amide bonds. The zero-order valence-corrected chi connectivity index (χ0v) is 17.0. The highest BCUT2D eigenvalue weighted by atomic mass is 35.5. The first kappa shape index (κ1) is 20.0. The van der Waals surface area contributed by atoms with Gasteiger partial charge in [0.05, 0.1) is 12.8 Å². The number of anilines is 3. The maximum atomic E-state index is 12.6. The summed E-state index contributed by atoms with van der Waals surface area (Å²) in [5.41, 5.74) is 3.00. The van der Waals surface area contributed by atoms with Gasteiger partial charge in [-0.2, -0.15) is 0 Å². The van der Waals surface area contributed by atoms with E-state index in [1.165, 1.54) is 0 Å². The van der Waals surface area contributed by atoms with Gasteiger partial charge in [0.2, 0.25) is 11.8 Å². The van der Waals surface area contributed by atoms with Crippen molar-refractivity contribution in [3.63, 3.8) is 0 Å². The molecule has 7 heteroatoms. The van der Waals surface area contributed by atoms with Crippen LogP contribution in [0.3, 0.4) is 0 Å². The van der Waals surface area contributed by atoms with Crippen molar-refractivity contribution in [3.8, 4) is 5.75 Å². The van der Waals surface area contributed by atoms with Crippen LogP contribution < -0.4 is 20.3 Å². The molecule has 148 valence electrons. The number of hydrogen-bond donors (Lipinski definition) is 2. The third-order valence-corrected chi connectivity index (χ3v) is 5.26. The minimum Gasteiger partial charge on any atom is -0.494 e. The van der Waals surface area contributed by atoms with E-state index in [0.717, 1.165) is 23.4 Å². The number of halogens is 1. The second-order valence-electron chi connectivity index (χ2n) is 6.80. The number of carbonyl (C=O) groups excluding carboxylic acids is 2. The highest BCUT2D eigenvalue weighted by molar-refractivity contribution is 6.31. The molecule has 1 heterocycles. The molecule has 1 aliphatic rings. The minimum atomic E-state index is -0.484. The molecule has 2 aromatic rings. The molecule has 1 aliphatic heterocycles. The van der Waals surface area contributed by atoms with Crippen molar-refractivity contribution in [3.05, 3.63) is 47.0 Å². The largest absolute Gasteiger partial charge is 0.494 e. The summed E-state index contributed by atoms with van der Waals surface area (Å²) in [5.74, 6) is 0.519. The number of methoxy groups -OCH3 is 1. The normalized spacial score (nSPS) is 14.7. The lowest BCUT2D eigenvalue weighted by molar-refractivity contribution is -0.117. The smallest absolute Gasteiger partial charge is 0.246 e. The van der Waals surface area contributed by atoms with E-state index in [-0.39, 0.29) is 11.8 Å². The molecule has 1 saturated heterocycles. The Hall–Kier alpha value is -2.73. The quantitative estimate of drug-likeness (QED) is 0.760. The lowest BCUT2D eigenvalue weighted by Crippen LogP contribution is -2.32. The number of amides is 2. The van der Waals surface area contributed by atoms with Crippen molar-refractivity contribution >= 4 is 40.5 Å². The molecule has 0 saturated carbocycles. The fraction of sp³-hybridized carbons (Fsp3) is 0.333. The molecular formula is C21H24ClN3O3. The Morgan fingerprint density at radius 1 is 1.29 bits per heavy atom. The lowest BCUT2D eigenvalue weighted by Gasteiger charge is -2.21. The van der Waals surface area contributed by atoms with Gasteiger partial charge < -0.3 is 20.3 Å². The number of hydrogen-bond acceptors (Lipinski definition) is 4. The Kier molecular flexibility index (Phi) is 6.09. The molecule has 1 fully saturated rings. The molecule has 1 atom stereocenters. The topological polar surface area (TPSA) is 70.7 Å². The Bertz CT molecular complexity index is 900. The number of ether oxygens (including phenoxy) is 1. The summed E-state index contributed by atoms with van der Waals surface area (Å²) in [5, 5.41) is 6.67. The first-order valence-electron chi connectivity index (χ1n) is 9.21. The molecule has 0 radical (unpaired) electrons. The molecule has 0 aromatic heterocycles. The van der Waals surface area contributed by atoms with Gasteiger partial charge in [-0.05, 0) is 50.1 Å². The van der Waals surface area contributed by atoms with E-state index >= 15 is 0 Å². The van der Waals surface area contributed by atoms with E-state index in [1.807, 2.05) is 25.1 Å². The molecule has 1 unspecified atom stereocenters. The Morgan fingerprint density at radius 3 is 2.75 bits per heavy atom. The SMILES string of the molecule is COc1cc(NC(C)C(=O)Nc2cccc(Cl)c2C)ccc1N1CCCC1=O. The summed E-state index contributed by atoms with van der Waals surface area (Å²) in [6.45, 7) is 4.33. The predicted octanol–water partition coefficient (Wildman–Crippen LogP) is 4.22. The van der Waals surface area contributed by atoms with E-state index in [9.17, 15) is 9.59 Å². The first-order valence-corrected chi connectivity index (χ1v) is 9.59. The van der Waals surface area contributed by atoms with Gasteiger partial charge >= 0.3 is 0 Å². The van der Waals surface area contributed by atoms with E-state index in [2.05, 4.69) is 10.6 Å². The van der Waals surface area contributed by atoms with Gasteiger partial charge in [-0.3, -0.25) is 9.59 Å². The fourth-order valence-corrected chi connectivity index (χ4v) is 3.37. The summed E-state index contributed by atoms with van der Waals surface area (Å²) >= 11 is 6.11. The van der Waals surface area contributed by atoms with Crippen LogP contribution >= 0.6 is 11.6 Å². The fourth-order valence-electron chi connectivity index (χ4n) is 3.19. The van der Waals surface area contributed by atoms with Crippen LogP contribution in [0, 0.1) is 6.92 Å². The van der Waals surface area contributed by atoms with Crippen molar-refractivity contribution in [2.24, 2.45) is 0 Å². The highest BCUT2D eigenvalue weighted by Gasteiger charge is 2.25. The maximum Gasteiger partial charge on any atom is 0.246 e. The molecule has 28 heavy (non-hydrogen) atoms. The number of nitrogens with zero attached hydrogens (tertiary/aromatic N) is 1. The van der Waals surface area contributed by atoms with E-state index < -0.39 is 6.04 Å². The number of benzene rings is 2. The monoisotopic (exact) mass is 401 g/mol. The molecule has 6 nitrogen and oxygen atoms in total. The van der Waals surface area contributed by atoms with Crippen LogP contribution in [0.1, 0.15) is 25.3 Å². The Labute approximate surface area is 169 Å². The van der Waals surface area contributed by atoms with Crippen LogP contribution in [-0.4, -0.2) is 31.5 Å². The van der Waals surface area contributed by atoms with Crippen LogP contribution in [0.25, 0.3) is 0 Å². The van der Waals surface area contributed by atoms with Gasteiger partial charge in [-0.25, -0.2) is 0 Å². The van der Waals surface area contributed by atoms with Crippen molar-refractivity contribution in [2.75, 3.05) is 29.2 Å². The standard InChI is InChI=1S/C21H24ClN3O3/c1-13-16(22)6-4-7-17(13)24-21(27)14(2)23-15-9-10-18(19(12-15)28-3)25-11-5-8-20(25)26/h4,6-7,9-10,12,14,23H,5,8,11H2,1-3H3,(H,24,27). The van der Waals surface area contributed by atoms with E-state index in [4.69, 9.17) is 16.3 Å². The second-order valence-corrected chi connectivity index (χ2v) is 7.21. The van der Waals surface area contributed by atoms with Crippen LogP contribution in [0.5, 0.6) is 5.75 Å². The summed E-state index contributed by atoms with van der Waals surface area (Å²) < 4.78 is 5.46. The van der Waals surface area contributed by atoms with Crippen LogP contribution in [0.4, 0.5) is 17.1 Å². The molecule has 2 aromatic carbocycles. The zero-order valence-electron chi connectivity index (χ0n) is 16.2. The number of nitrogens with one attached hydrogen (secondary N) is 2. The van der Waals surface area contributed by atoms with Gasteiger partial charge in [-0.1, -0.05) is 17.7 Å². The molecule has 0 spiro atoms. The zero-order chi connectivity index (χ0) is 20.3. The average molecular weight is 402 g/mol. The van der Waals surface area contributed by atoms with Crippen molar-refractivity contribution in [1.29, 1.82) is 0 Å². The maximum absolute atomic E-state index is 12.6. The highest BCUT2D eigenvalue weighted by Crippen LogP contribution is 2.34. The Balaban J connectivity index is 1.71. The second kappa shape index (κ2) is 8.52. The summed E-state index contributed by atoms with van der Waals surface area (Å²) in [6.07, 6.45) is 1.41. The molecule has 3 rings (SSSR count). The summed E-state index contributed by atoms with van der Waals surface area (Å²) in [4.78, 5) is 26.3. The van der Waals surface area contributed by atoms with Crippen LogP contribution in [-0.2, 0) is 9.59 Å². The van der Waals surface area contributed by atoms with E-state index in [0.29, 0.717) is 29.4 Å². The molecule has 0 aliphatic carbocycles. The summed E-state index contributed by atoms with van der Waals surface area (Å²) in [7, 11) is 1.57. The van der Waals surface area contributed by atoms with Crippen LogP contribution in [0.2, 0.25) is 5.02 Å². The molecule has 0 bridgehead atoms. The van der Waals surface area contributed by atoms with Crippen molar-refractivity contribution < 1.29 is 14.3 Å². The minimum absolute atomic E-state index is 0.101. The number of rotatable bonds is 6. The van der Waals surface area contributed by atoms with Crippen LogP contribution in [0.15, 0.2) is 36.4 Å². The van der Waals surface area contributed by atoms with Gasteiger partial charge in [0.15, 0.2) is 0 Å². The van der Waals surface area contributed by atoms with Crippen molar-refractivity contribution in [2.45, 2.75) is 32.7 Å². The lowest BCUT2D eigenvalue weighted by atomic mass is 10.2. The first-order chi connectivity index (χ1) is 13.4. The Morgan fingerprint density at radius 2 is 2.07 bits per heavy atom. The average Bonchev–Trinajstić information content (AvgIpc) is 3.11. The third-order valence-electron chi connectivity index (χ3n) is 4.85. The molecule has 2 N–H and O–H groups in total. The molecular weight excluding hydrogens is 378 g/mol. The van der Waals surface area contributed by atoms with Crippen molar-refractivity contribution in [1.82, 2.24) is 0 Å².